The van der Waals surface area contributed by atoms with E-state index in [1.807, 2.05) is 13.8 Å². The largest absolute Gasteiger partial charge is 0.466 e. The Morgan fingerprint density at radius 2 is 1.92 bits per heavy atom. The predicted octanol–water partition coefficient (Wildman–Crippen LogP) is 3.01. The lowest BCUT2D eigenvalue weighted by molar-refractivity contribution is -0.149. The van der Waals surface area contributed by atoms with E-state index in [9.17, 15) is 4.79 Å². The van der Waals surface area contributed by atoms with Crippen molar-refractivity contribution in [2.75, 3.05) is 6.61 Å². The van der Waals surface area contributed by atoms with Crippen molar-refractivity contribution < 1.29 is 9.53 Å². The molecule has 0 aliphatic rings. The predicted molar refractivity (Wildman–Crippen MR) is 54.5 cm³/mol. The number of carbonyl (C=O) groups is 1. The summed E-state index contributed by atoms with van der Waals surface area (Å²) in [4.78, 5) is 11.3. The van der Waals surface area contributed by atoms with Gasteiger partial charge in [-0.15, -0.1) is 0 Å². The van der Waals surface area contributed by atoms with Crippen LogP contribution in [0.3, 0.4) is 0 Å². The molecule has 78 valence electrons. The van der Waals surface area contributed by atoms with E-state index in [4.69, 9.17) is 4.74 Å². The zero-order valence-corrected chi connectivity index (χ0v) is 9.30. The van der Waals surface area contributed by atoms with Crippen LogP contribution in [0.2, 0.25) is 0 Å². The first-order valence-corrected chi connectivity index (χ1v) is 5.30. The number of unbranched alkanes of at least 4 members (excludes halogenated alkanes) is 1. The van der Waals surface area contributed by atoms with Crippen molar-refractivity contribution in [3.63, 3.8) is 0 Å². The highest BCUT2D eigenvalue weighted by molar-refractivity contribution is 5.72. The van der Waals surface area contributed by atoms with Gasteiger partial charge in [-0.05, 0) is 19.3 Å². The molecule has 0 aliphatic carbocycles. The second kappa shape index (κ2) is 6.93. The molecule has 2 unspecified atom stereocenters. The van der Waals surface area contributed by atoms with Gasteiger partial charge in [0.15, 0.2) is 0 Å². The van der Waals surface area contributed by atoms with Gasteiger partial charge in [0, 0.05) is 0 Å². The van der Waals surface area contributed by atoms with E-state index < -0.39 is 0 Å². The van der Waals surface area contributed by atoms with E-state index in [0.29, 0.717) is 12.5 Å². The Hall–Kier alpha value is -0.530. The molecule has 0 aromatic rings. The van der Waals surface area contributed by atoms with Crippen LogP contribution in [0.4, 0.5) is 0 Å². The molecule has 0 saturated carbocycles. The van der Waals surface area contributed by atoms with Crippen LogP contribution in [0.1, 0.15) is 47.0 Å². The summed E-state index contributed by atoms with van der Waals surface area (Å²) in [5.74, 6) is 0.441. The molecule has 13 heavy (non-hydrogen) atoms. The van der Waals surface area contributed by atoms with Gasteiger partial charge in [0.1, 0.15) is 0 Å². The topological polar surface area (TPSA) is 26.3 Å². The summed E-state index contributed by atoms with van der Waals surface area (Å²) >= 11 is 0. The molecule has 2 atom stereocenters. The zero-order chi connectivity index (χ0) is 10.3. The minimum Gasteiger partial charge on any atom is -0.466 e. The van der Waals surface area contributed by atoms with Crippen LogP contribution >= 0.6 is 0 Å². The zero-order valence-electron chi connectivity index (χ0n) is 9.30. The van der Waals surface area contributed by atoms with Crippen molar-refractivity contribution in [3.8, 4) is 0 Å². The first-order valence-electron chi connectivity index (χ1n) is 5.30. The third kappa shape index (κ3) is 4.91. The first kappa shape index (κ1) is 12.5. The fourth-order valence-electron chi connectivity index (χ4n) is 1.28. The molecule has 0 N–H and O–H groups in total. The minimum atomic E-state index is -0.0499. The van der Waals surface area contributed by atoms with Crippen LogP contribution in [-0.4, -0.2) is 12.6 Å². The lowest BCUT2D eigenvalue weighted by atomic mass is 9.91. The Labute approximate surface area is 81.7 Å². The molecule has 0 amide bonds. The number of esters is 1. The van der Waals surface area contributed by atoms with E-state index >= 15 is 0 Å². The molecule has 0 aliphatic heterocycles. The standard InChI is InChI=1S/C11H22O2/c1-5-7-8-9(3)10(4)11(12)13-6-2/h9-10H,5-8H2,1-4H3. The van der Waals surface area contributed by atoms with Gasteiger partial charge in [-0.1, -0.05) is 33.6 Å². The third-order valence-corrected chi connectivity index (χ3v) is 2.52. The minimum absolute atomic E-state index is 0.0477. The Morgan fingerprint density at radius 1 is 1.31 bits per heavy atom. The second-order valence-electron chi connectivity index (χ2n) is 3.66. The monoisotopic (exact) mass is 186 g/mol. The Kier molecular flexibility index (Phi) is 6.65. The molecule has 0 spiro atoms. The van der Waals surface area contributed by atoms with Crippen LogP contribution in [0.5, 0.6) is 0 Å². The molecule has 0 heterocycles. The molecule has 0 saturated heterocycles. The third-order valence-electron chi connectivity index (χ3n) is 2.52. The summed E-state index contributed by atoms with van der Waals surface area (Å²) in [5.41, 5.74) is 0. The van der Waals surface area contributed by atoms with E-state index in [0.717, 1.165) is 6.42 Å². The number of hydrogen-bond acceptors (Lipinski definition) is 2. The van der Waals surface area contributed by atoms with Crippen molar-refractivity contribution in [2.45, 2.75) is 47.0 Å². The van der Waals surface area contributed by atoms with Crippen molar-refractivity contribution in [1.82, 2.24) is 0 Å². The Morgan fingerprint density at radius 3 is 2.38 bits per heavy atom. The van der Waals surface area contributed by atoms with Crippen LogP contribution in [0.15, 0.2) is 0 Å². The van der Waals surface area contributed by atoms with Crippen LogP contribution in [0.25, 0.3) is 0 Å². The summed E-state index contributed by atoms with van der Waals surface area (Å²) in [6, 6.07) is 0. The summed E-state index contributed by atoms with van der Waals surface area (Å²) in [6.07, 6.45) is 3.52. The quantitative estimate of drug-likeness (QED) is 0.596. The fraction of sp³-hybridized carbons (Fsp3) is 0.909. The second-order valence-corrected chi connectivity index (χ2v) is 3.66. The van der Waals surface area contributed by atoms with Crippen LogP contribution in [0, 0.1) is 11.8 Å². The van der Waals surface area contributed by atoms with E-state index in [-0.39, 0.29) is 11.9 Å². The summed E-state index contributed by atoms with van der Waals surface area (Å²) in [7, 11) is 0. The van der Waals surface area contributed by atoms with E-state index in [1.54, 1.807) is 0 Å². The smallest absolute Gasteiger partial charge is 0.308 e. The van der Waals surface area contributed by atoms with Crippen molar-refractivity contribution in [1.29, 1.82) is 0 Å². The van der Waals surface area contributed by atoms with Gasteiger partial charge in [0.25, 0.3) is 0 Å². The summed E-state index contributed by atoms with van der Waals surface area (Å²) < 4.78 is 4.97. The van der Waals surface area contributed by atoms with Gasteiger partial charge in [-0.2, -0.15) is 0 Å². The molecule has 0 radical (unpaired) electrons. The molecule has 2 heteroatoms. The SMILES string of the molecule is CCCCC(C)C(C)C(=O)OCC. The van der Waals surface area contributed by atoms with E-state index in [1.165, 1.54) is 12.8 Å². The van der Waals surface area contributed by atoms with Gasteiger partial charge in [0.2, 0.25) is 0 Å². The van der Waals surface area contributed by atoms with E-state index in [2.05, 4.69) is 13.8 Å². The molecular weight excluding hydrogens is 164 g/mol. The number of carbonyl (C=O) groups excluding carboxylic acids is 1. The highest BCUT2D eigenvalue weighted by Gasteiger charge is 2.20. The highest BCUT2D eigenvalue weighted by atomic mass is 16.5. The van der Waals surface area contributed by atoms with Crippen LogP contribution < -0.4 is 0 Å². The maximum absolute atomic E-state index is 11.3. The number of hydrogen-bond donors (Lipinski definition) is 0. The summed E-state index contributed by atoms with van der Waals surface area (Å²) in [5, 5.41) is 0. The maximum Gasteiger partial charge on any atom is 0.308 e. The van der Waals surface area contributed by atoms with Crippen LogP contribution in [-0.2, 0) is 9.53 Å². The van der Waals surface area contributed by atoms with Gasteiger partial charge >= 0.3 is 5.97 Å². The van der Waals surface area contributed by atoms with Crippen molar-refractivity contribution in [2.24, 2.45) is 11.8 Å². The van der Waals surface area contributed by atoms with Gasteiger partial charge in [-0.3, -0.25) is 4.79 Å². The molecule has 0 rings (SSSR count). The first-order chi connectivity index (χ1) is 6.13. The molecule has 0 aromatic carbocycles. The molecular formula is C11H22O2. The maximum atomic E-state index is 11.3. The van der Waals surface area contributed by atoms with Gasteiger partial charge < -0.3 is 4.74 Å². The average Bonchev–Trinajstić information content (AvgIpc) is 2.13. The lowest BCUT2D eigenvalue weighted by Gasteiger charge is -2.17. The lowest BCUT2D eigenvalue weighted by Crippen LogP contribution is -2.21. The number of ether oxygens (including phenoxy) is 1. The molecule has 2 nitrogen and oxygen atoms in total. The van der Waals surface area contributed by atoms with Gasteiger partial charge in [-0.25, -0.2) is 0 Å². The average molecular weight is 186 g/mol. The summed E-state index contributed by atoms with van der Waals surface area (Å²) in [6.45, 7) is 8.59. The highest BCUT2D eigenvalue weighted by Crippen LogP contribution is 2.18. The molecule has 0 aromatic heterocycles. The van der Waals surface area contributed by atoms with Crippen molar-refractivity contribution >= 4 is 5.97 Å². The Balaban J connectivity index is 3.79. The normalized spacial score (nSPS) is 15.1. The molecule has 0 fully saturated rings. The Bertz CT molecular complexity index is 143. The number of rotatable bonds is 6. The molecule has 0 bridgehead atoms. The van der Waals surface area contributed by atoms with Crippen molar-refractivity contribution in [3.05, 3.63) is 0 Å². The van der Waals surface area contributed by atoms with Gasteiger partial charge in [0.05, 0.1) is 12.5 Å². The fourth-order valence-corrected chi connectivity index (χ4v) is 1.28.